The van der Waals surface area contributed by atoms with E-state index >= 15 is 0 Å². The number of benzene rings is 2. The molecule has 2 aromatic rings. The van der Waals surface area contributed by atoms with Crippen LogP contribution in [-0.2, 0) is 16.4 Å². The largest absolute Gasteiger partial charge is 0.496 e. The van der Waals surface area contributed by atoms with Crippen LogP contribution in [0.25, 0.3) is 0 Å². The number of amides is 1. The average Bonchev–Trinajstić information content (AvgIpc) is 2.58. The summed E-state index contributed by atoms with van der Waals surface area (Å²) in [6.07, 6.45) is 2.57. The quantitative estimate of drug-likeness (QED) is 0.707. The van der Waals surface area contributed by atoms with E-state index in [4.69, 9.17) is 4.74 Å². The summed E-state index contributed by atoms with van der Waals surface area (Å²) < 4.78 is 30.5. The van der Waals surface area contributed by atoms with Crippen molar-refractivity contribution in [2.24, 2.45) is 0 Å². The molecular weight excluding hydrogens is 340 g/mol. The lowest BCUT2D eigenvalue weighted by molar-refractivity contribution is 0.0954. The molecule has 25 heavy (non-hydrogen) atoms. The summed E-state index contributed by atoms with van der Waals surface area (Å²) in [7, 11) is -1.81. The van der Waals surface area contributed by atoms with Crippen molar-refractivity contribution < 1.29 is 17.9 Å². The summed E-state index contributed by atoms with van der Waals surface area (Å²) in [4.78, 5) is 12.3. The van der Waals surface area contributed by atoms with Crippen LogP contribution in [0.5, 0.6) is 5.75 Å². The van der Waals surface area contributed by atoms with Gasteiger partial charge in [0.1, 0.15) is 5.75 Å². The zero-order valence-corrected chi connectivity index (χ0v) is 15.1. The Balaban J connectivity index is 1.93. The molecule has 6 nitrogen and oxygen atoms in total. The van der Waals surface area contributed by atoms with Crippen LogP contribution in [0.2, 0.25) is 0 Å². The van der Waals surface area contributed by atoms with Crippen LogP contribution in [0.15, 0.2) is 48.5 Å². The second-order valence-corrected chi connectivity index (χ2v) is 7.34. The van der Waals surface area contributed by atoms with E-state index in [9.17, 15) is 13.2 Å². The molecule has 0 aliphatic rings. The van der Waals surface area contributed by atoms with Crippen molar-refractivity contribution in [2.45, 2.75) is 12.8 Å². The van der Waals surface area contributed by atoms with Crippen molar-refractivity contribution in [1.82, 2.24) is 5.32 Å². The van der Waals surface area contributed by atoms with E-state index in [1.54, 1.807) is 31.4 Å². The lowest BCUT2D eigenvalue weighted by Gasteiger charge is -2.11. The number of rotatable bonds is 8. The summed E-state index contributed by atoms with van der Waals surface area (Å²) >= 11 is 0. The zero-order valence-electron chi connectivity index (χ0n) is 14.3. The minimum absolute atomic E-state index is 0.271. The molecule has 2 aromatic carbocycles. The highest BCUT2D eigenvalue weighted by Gasteiger charge is 2.13. The fraction of sp³-hybridized carbons (Fsp3) is 0.278. The predicted octanol–water partition coefficient (Wildman–Crippen LogP) is 2.43. The van der Waals surface area contributed by atoms with Gasteiger partial charge < -0.3 is 10.1 Å². The van der Waals surface area contributed by atoms with Crippen molar-refractivity contribution in [2.75, 3.05) is 24.6 Å². The summed E-state index contributed by atoms with van der Waals surface area (Å²) in [5, 5.41) is 2.82. The first-order chi connectivity index (χ1) is 11.9. The van der Waals surface area contributed by atoms with E-state index in [0.29, 0.717) is 12.1 Å². The third-order valence-corrected chi connectivity index (χ3v) is 4.16. The van der Waals surface area contributed by atoms with Crippen molar-refractivity contribution >= 4 is 21.6 Å². The molecule has 0 saturated heterocycles. The Hall–Kier alpha value is -2.54. The number of ether oxygens (including phenoxy) is 1. The molecular formula is C18H22N2O4S. The third-order valence-electron chi connectivity index (χ3n) is 3.57. The Morgan fingerprint density at radius 3 is 2.48 bits per heavy atom. The zero-order chi connectivity index (χ0) is 18.3. The normalized spacial score (nSPS) is 11.0. The number of carbonyl (C=O) groups excluding carboxylic acids is 1. The second kappa shape index (κ2) is 8.53. The highest BCUT2D eigenvalue weighted by Crippen LogP contribution is 2.19. The third kappa shape index (κ3) is 5.79. The lowest BCUT2D eigenvalue weighted by Crippen LogP contribution is -2.26. The molecule has 0 radical (unpaired) electrons. The molecule has 0 aliphatic carbocycles. The van der Waals surface area contributed by atoms with Gasteiger partial charge >= 0.3 is 0 Å². The molecule has 2 rings (SSSR count). The van der Waals surface area contributed by atoms with Crippen molar-refractivity contribution in [1.29, 1.82) is 0 Å². The predicted molar refractivity (Wildman–Crippen MR) is 98.6 cm³/mol. The number of anilines is 1. The van der Waals surface area contributed by atoms with Crippen LogP contribution in [-0.4, -0.2) is 34.2 Å². The Kier molecular flexibility index (Phi) is 6.41. The van der Waals surface area contributed by atoms with Crippen molar-refractivity contribution in [3.05, 3.63) is 59.7 Å². The van der Waals surface area contributed by atoms with Gasteiger partial charge in [-0.15, -0.1) is 0 Å². The van der Waals surface area contributed by atoms with Gasteiger partial charge in [0, 0.05) is 6.54 Å². The van der Waals surface area contributed by atoms with Gasteiger partial charge in [0.15, 0.2) is 0 Å². The summed E-state index contributed by atoms with van der Waals surface area (Å²) in [5.74, 6) is 0.517. The SMILES string of the molecule is COc1ccccc1CCCNC(=O)c1ccccc1NS(C)(=O)=O. The molecule has 0 saturated carbocycles. The number of nitrogens with one attached hydrogen (secondary N) is 2. The number of hydrogen-bond acceptors (Lipinski definition) is 4. The van der Waals surface area contributed by atoms with Crippen LogP contribution < -0.4 is 14.8 Å². The first-order valence-electron chi connectivity index (χ1n) is 7.87. The monoisotopic (exact) mass is 362 g/mol. The maximum Gasteiger partial charge on any atom is 0.253 e. The highest BCUT2D eigenvalue weighted by molar-refractivity contribution is 7.92. The molecule has 0 atom stereocenters. The van der Waals surface area contributed by atoms with Gasteiger partial charge in [0.2, 0.25) is 10.0 Å². The topological polar surface area (TPSA) is 84.5 Å². The number of para-hydroxylation sites is 2. The first kappa shape index (κ1) is 18.8. The fourth-order valence-electron chi connectivity index (χ4n) is 2.46. The van der Waals surface area contributed by atoms with Crippen LogP contribution in [0.3, 0.4) is 0 Å². The lowest BCUT2D eigenvalue weighted by atomic mass is 10.1. The maximum absolute atomic E-state index is 12.3. The number of aryl methyl sites for hydroxylation is 1. The molecule has 0 aromatic heterocycles. The highest BCUT2D eigenvalue weighted by atomic mass is 32.2. The van der Waals surface area contributed by atoms with Gasteiger partial charge in [0.25, 0.3) is 5.91 Å². The van der Waals surface area contributed by atoms with Gasteiger partial charge in [-0.2, -0.15) is 0 Å². The standard InChI is InChI=1S/C18H22N2O4S/c1-24-17-12-6-3-8-14(17)9-7-13-19-18(21)15-10-4-5-11-16(15)20-25(2,22)23/h3-6,8,10-12,20H,7,9,13H2,1-2H3,(H,19,21). The summed E-state index contributed by atoms with van der Waals surface area (Å²) in [6.45, 7) is 0.476. The summed E-state index contributed by atoms with van der Waals surface area (Å²) in [5.41, 5.74) is 1.65. The van der Waals surface area contributed by atoms with E-state index in [2.05, 4.69) is 10.0 Å². The van der Waals surface area contributed by atoms with E-state index in [1.165, 1.54) is 0 Å². The molecule has 0 unspecified atom stereocenters. The maximum atomic E-state index is 12.3. The van der Waals surface area contributed by atoms with Crippen LogP contribution in [0.1, 0.15) is 22.3 Å². The smallest absolute Gasteiger partial charge is 0.253 e. The molecule has 0 spiro atoms. The van der Waals surface area contributed by atoms with Crippen molar-refractivity contribution in [3.8, 4) is 5.75 Å². The number of hydrogen-bond donors (Lipinski definition) is 2. The molecule has 134 valence electrons. The summed E-state index contributed by atoms with van der Waals surface area (Å²) in [6, 6.07) is 14.3. The molecule has 0 fully saturated rings. The van der Waals surface area contributed by atoms with Crippen molar-refractivity contribution in [3.63, 3.8) is 0 Å². The van der Waals surface area contributed by atoms with E-state index in [-0.39, 0.29) is 11.6 Å². The minimum Gasteiger partial charge on any atom is -0.496 e. The Morgan fingerprint density at radius 1 is 1.08 bits per heavy atom. The van der Waals surface area contributed by atoms with E-state index in [1.807, 2.05) is 24.3 Å². The number of sulfonamides is 1. The van der Waals surface area contributed by atoms with Crippen LogP contribution in [0, 0.1) is 0 Å². The minimum atomic E-state index is -3.45. The molecule has 2 N–H and O–H groups in total. The van der Waals surface area contributed by atoms with Gasteiger partial charge in [-0.05, 0) is 36.6 Å². The number of methoxy groups -OCH3 is 1. The van der Waals surface area contributed by atoms with E-state index < -0.39 is 10.0 Å². The van der Waals surface area contributed by atoms with Gasteiger partial charge in [0.05, 0.1) is 24.6 Å². The molecule has 0 bridgehead atoms. The Labute approximate surface area is 148 Å². The van der Waals surface area contributed by atoms with Gasteiger partial charge in [-0.3, -0.25) is 9.52 Å². The number of carbonyl (C=O) groups is 1. The molecule has 1 amide bonds. The first-order valence-corrected chi connectivity index (χ1v) is 9.77. The molecule has 0 heterocycles. The van der Waals surface area contributed by atoms with Crippen LogP contribution in [0.4, 0.5) is 5.69 Å². The molecule has 0 aliphatic heterocycles. The fourth-order valence-corrected chi connectivity index (χ4v) is 3.03. The van der Waals surface area contributed by atoms with E-state index in [0.717, 1.165) is 30.4 Å². The van der Waals surface area contributed by atoms with Crippen LogP contribution >= 0.6 is 0 Å². The van der Waals surface area contributed by atoms with Gasteiger partial charge in [-0.1, -0.05) is 30.3 Å². The average molecular weight is 362 g/mol. The Morgan fingerprint density at radius 2 is 1.76 bits per heavy atom. The van der Waals surface area contributed by atoms with Gasteiger partial charge in [-0.25, -0.2) is 8.42 Å². The Bertz CT molecular complexity index is 834. The molecule has 7 heteroatoms. The second-order valence-electron chi connectivity index (χ2n) is 5.59.